The van der Waals surface area contributed by atoms with Gasteiger partial charge in [-0.05, 0) is 37.8 Å². The van der Waals surface area contributed by atoms with Crippen molar-refractivity contribution in [2.45, 2.75) is 32.3 Å². The van der Waals surface area contributed by atoms with Crippen molar-refractivity contribution in [3.63, 3.8) is 0 Å². The fourth-order valence-electron chi connectivity index (χ4n) is 2.54. The van der Waals surface area contributed by atoms with Gasteiger partial charge < -0.3 is 19.5 Å². The monoisotopic (exact) mass is 333 g/mol. The lowest BCUT2D eigenvalue weighted by atomic mass is 10.1. The number of ether oxygens (including phenoxy) is 3. The molecule has 0 fully saturated rings. The molecule has 0 aromatic heterocycles. The highest BCUT2D eigenvalue weighted by molar-refractivity contribution is 5.95. The Bertz CT molecular complexity index is 626. The van der Waals surface area contributed by atoms with Crippen LogP contribution < -0.4 is 14.8 Å². The number of hydrogen-bond acceptors (Lipinski definition) is 5. The third kappa shape index (κ3) is 4.75. The molecule has 6 heteroatoms. The number of amides is 1. The van der Waals surface area contributed by atoms with Crippen molar-refractivity contribution in [1.29, 1.82) is 0 Å². The summed E-state index contributed by atoms with van der Waals surface area (Å²) in [6.45, 7) is 1.55. The van der Waals surface area contributed by atoms with Crippen LogP contribution in [0.25, 0.3) is 0 Å². The molecule has 0 aliphatic heterocycles. The number of carbonyl (C=O) groups excluding carboxylic acids is 2. The number of allylic oxidation sites excluding steroid dienone is 2. The van der Waals surface area contributed by atoms with Gasteiger partial charge >= 0.3 is 5.97 Å². The van der Waals surface area contributed by atoms with Crippen LogP contribution in [0.2, 0.25) is 0 Å². The minimum absolute atomic E-state index is 0.221. The van der Waals surface area contributed by atoms with Gasteiger partial charge in [0.05, 0.1) is 20.6 Å². The average Bonchev–Trinajstić information content (AvgIpc) is 3.07. The largest absolute Gasteiger partial charge is 0.493 e. The van der Waals surface area contributed by atoms with Crippen LogP contribution in [-0.4, -0.2) is 32.2 Å². The lowest BCUT2D eigenvalue weighted by Gasteiger charge is -2.15. The number of methoxy groups -OCH3 is 2. The van der Waals surface area contributed by atoms with Crippen molar-refractivity contribution >= 4 is 17.6 Å². The predicted molar refractivity (Wildman–Crippen MR) is 90.2 cm³/mol. The average molecular weight is 333 g/mol. The molecule has 1 amide bonds. The van der Waals surface area contributed by atoms with Crippen molar-refractivity contribution in [3.05, 3.63) is 30.4 Å². The molecule has 2 rings (SSSR count). The summed E-state index contributed by atoms with van der Waals surface area (Å²) in [5, 5.41) is 2.70. The van der Waals surface area contributed by atoms with Gasteiger partial charge in [-0.15, -0.1) is 0 Å². The summed E-state index contributed by atoms with van der Waals surface area (Å²) in [6, 6.07) is 5.03. The zero-order valence-corrected chi connectivity index (χ0v) is 14.2. The first-order chi connectivity index (χ1) is 11.5. The van der Waals surface area contributed by atoms with E-state index in [4.69, 9.17) is 14.2 Å². The molecule has 130 valence electrons. The second-order valence-electron chi connectivity index (χ2n) is 5.66. The Morgan fingerprint density at radius 2 is 2.00 bits per heavy atom. The van der Waals surface area contributed by atoms with E-state index in [0.29, 0.717) is 23.6 Å². The molecule has 1 aliphatic carbocycles. The highest BCUT2D eigenvalue weighted by Crippen LogP contribution is 2.29. The molecule has 0 radical (unpaired) electrons. The van der Waals surface area contributed by atoms with Gasteiger partial charge in [-0.1, -0.05) is 12.2 Å². The third-order valence-electron chi connectivity index (χ3n) is 3.87. The van der Waals surface area contributed by atoms with E-state index >= 15 is 0 Å². The fourth-order valence-corrected chi connectivity index (χ4v) is 2.54. The van der Waals surface area contributed by atoms with Gasteiger partial charge in [0.1, 0.15) is 0 Å². The Morgan fingerprint density at radius 1 is 1.25 bits per heavy atom. The molecule has 1 aromatic rings. The molecule has 0 saturated heterocycles. The quantitative estimate of drug-likeness (QED) is 0.613. The van der Waals surface area contributed by atoms with Gasteiger partial charge in [0.25, 0.3) is 5.91 Å². The van der Waals surface area contributed by atoms with Gasteiger partial charge in [-0.3, -0.25) is 9.59 Å². The molecule has 0 saturated carbocycles. The summed E-state index contributed by atoms with van der Waals surface area (Å²) in [5.41, 5.74) is 0.541. The second kappa shape index (κ2) is 8.38. The van der Waals surface area contributed by atoms with E-state index in [1.54, 1.807) is 25.1 Å². The summed E-state index contributed by atoms with van der Waals surface area (Å²) in [7, 11) is 3.06. The van der Waals surface area contributed by atoms with Crippen molar-refractivity contribution in [1.82, 2.24) is 0 Å². The molecule has 0 unspecified atom stereocenters. The van der Waals surface area contributed by atoms with Crippen LogP contribution in [0.5, 0.6) is 11.5 Å². The van der Waals surface area contributed by atoms with Crippen molar-refractivity contribution < 1.29 is 23.8 Å². The maximum atomic E-state index is 12.2. The Labute approximate surface area is 141 Å². The molecule has 0 spiro atoms. The van der Waals surface area contributed by atoms with Crippen LogP contribution in [0.15, 0.2) is 30.4 Å². The molecule has 0 bridgehead atoms. The molecule has 1 aliphatic rings. The van der Waals surface area contributed by atoms with Gasteiger partial charge in [-0.25, -0.2) is 0 Å². The van der Waals surface area contributed by atoms with E-state index in [0.717, 1.165) is 12.8 Å². The summed E-state index contributed by atoms with van der Waals surface area (Å²) in [5.74, 6) is 0.546. The number of rotatable bonds is 7. The first-order valence-electron chi connectivity index (χ1n) is 7.92. The van der Waals surface area contributed by atoms with Gasteiger partial charge in [-0.2, -0.15) is 0 Å². The molecule has 1 aromatic carbocycles. The molecule has 24 heavy (non-hydrogen) atoms. The number of nitrogens with one attached hydrogen (secondary N) is 1. The molecular weight excluding hydrogens is 310 g/mol. The number of esters is 1. The van der Waals surface area contributed by atoms with Crippen LogP contribution in [0, 0.1) is 5.92 Å². The molecule has 0 heterocycles. The molecule has 2 atom stereocenters. The van der Waals surface area contributed by atoms with Crippen LogP contribution in [0.1, 0.15) is 26.2 Å². The maximum absolute atomic E-state index is 12.2. The van der Waals surface area contributed by atoms with E-state index in [-0.39, 0.29) is 11.9 Å². The summed E-state index contributed by atoms with van der Waals surface area (Å²) < 4.78 is 15.5. The SMILES string of the molecule is COc1ccc(NC(=O)[C@@H](C)OC(=O)C[C@H]2C=CCC2)cc1OC. The number of benzene rings is 1. The van der Waals surface area contributed by atoms with Crippen LogP contribution in [0.4, 0.5) is 5.69 Å². The first kappa shape index (κ1) is 17.8. The van der Waals surface area contributed by atoms with Gasteiger partial charge in [0.2, 0.25) is 0 Å². The fraction of sp³-hybridized carbons (Fsp3) is 0.444. The number of hydrogen-bond donors (Lipinski definition) is 1. The Morgan fingerprint density at radius 3 is 2.62 bits per heavy atom. The van der Waals surface area contributed by atoms with Gasteiger partial charge in [0.15, 0.2) is 17.6 Å². The molecule has 1 N–H and O–H groups in total. The lowest BCUT2D eigenvalue weighted by Crippen LogP contribution is -2.30. The third-order valence-corrected chi connectivity index (χ3v) is 3.87. The predicted octanol–water partition coefficient (Wildman–Crippen LogP) is 2.93. The Balaban J connectivity index is 1.88. The first-order valence-corrected chi connectivity index (χ1v) is 7.92. The number of carbonyl (C=O) groups is 2. The van der Waals surface area contributed by atoms with E-state index in [1.807, 2.05) is 6.08 Å². The van der Waals surface area contributed by atoms with E-state index in [1.165, 1.54) is 14.2 Å². The van der Waals surface area contributed by atoms with Crippen LogP contribution in [0.3, 0.4) is 0 Å². The number of anilines is 1. The summed E-state index contributed by atoms with van der Waals surface area (Å²) in [4.78, 5) is 24.0. The highest BCUT2D eigenvalue weighted by Gasteiger charge is 2.21. The summed E-state index contributed by atoms with van der Waals surface area (Å²) in [6.07, 6.45) is 5.48. The van der Waals surface area contributed by atoms with Crippen molar-refractivity contribution in [3.8, 4) is 11.5 Å². The maximum Gasteiger partial charge on any atom is 0.307 e. The van der Waals surface area contributed by atoms with Gasteiger partial charge in [0, 0.05) is 11.8 Å². The molecule has 6 nitrogen and oxygen atoms in total. The Hall–Kier alpha value is -2.50. The minimum Gasteiger partial charge on any atom is -0.493 e. The van der Waals surface area contributed by atoms with Crippen molar-refractivity contribution in [2.24, 2.45) is 5.92 Å². The zero-order valence-electron chi connectivity index (χ0n) is 14.2. The van der Waals surface area contributed by atoms with E-state index in [2.05, 4.69) is 11.4 Å². The van der Waals surface area contributed by atoms with Crippen molar-refractivity contribution in [2.75, 3.05) is 19.5 Å². The zero-order chi connectivity index (χ0) is 17.5. The normalized spacial score (nSPS) is 17.2. The lowest BCUT2D eigenvalue weighted by molar-refractivity contribution is -0.153. The van der Waals surface area contributed by atoms with E-state index < -0.39 is 12.0 Å². The minimum atomic E-state index is -0.865. The smallest absolute Gasteiger partial charge is 0.307 e. The summed E-state index contributed by atoms with van der Waals surface area (Å²) >= 11 is 0. The molecular formula is C18H23NO5. The second-order valence-corrected chi connectivity index (χ2v) is 5.66. The topological polar surface area (TPSA) is 73.9 Å². The van der Waals surface area contributed by atoms with Crippen LogP contribution >= 0.6 is 0 Å². The Kier molecular flexibility index (Phi) is 6.23. The standard InChI is InChI=1S/C18H23NO5/c1-12(24-17(20)10-13-6-4-5-7-13)18(21)19-14-8-9-15(22-2)16(11-14)23-3/h4,6,8-9,11-13H,5,7,10H2,1-3H3,(H,19,21)/t12-,13+/m1/s1. The highest BCUT2D eigenvalue weighted by atomic mass is 16.5. The van der Waals surface area contributed by atoms with Crippen LogP contribution in [-0.2, 0) is 14.3 Å². The van der Waals surface area contributed by atoms with E-state index in [9.17, 15) is 9.59 Å².